The summed E-state index contributed by atoms with van der Waals surface area (Å²) in [6.45, 7) is 1.82. The Labute approximate surface area is 110 Å². The van der Waals surface area contributed by atoms with Crippen LogP contribution in [-0.4, -0.2) is 28.8 Å². The number of ketones is 1. The maximum absolute atomic E-state index is 13.4. The third-order valence-corrected chi connectivity index (χ3v) is 4.42. The van der Waals surface area contributed by atoms with Gasteiger partial charge in [-0.1, -0.05) is 0 Å². The minimum Gasteiger partial charge on any atom is -0.357 e. The van der Waals surface area contributed by atoms with Crippen molar-refractivity contribution >= 4 is 16.7 Å². The molecule has 2 aromatic rings. The number of nitrogens with one attached hydrogen (secondary N) is 1. The number of hydrogen-bond acceptors (Lipinski definition) is 2. The molecule has 0 spiro atoms. The average molecular weight is 258 g/mol. The molecule has 0 amide bonds. The van der Waals surface area contributed by atoms with E-state index in [2.05, 4.69) is 9.88 Å². The Kier molecular flexibility index (Phi) is 2.30. The summed E-state index contributed by atoms with van der Waals surface area (Å²) in [5.41, 5.74) is 3.30. The highest BCUT2D eigenvalue weighted by Gasteiger charge is 2.34. The number of carbonyl (C=O) groups excluding carboxylic acids is 1. The van der Waals surface area contributed by atoms with E-state index in [0.717, 1.165) is 36.1 Å². The van der Waals surface area contributed by atoms with Crippen LogP contribution in [0.1, 0.15) is 30.1 Å². The highest BCUT2D eigenvalue weighted by Crippen LogP contribution is 2.38. The van der Waals surface area contributed by atoms with Gasteiger partial charge in [0, 0.05) is 42.5 Å². The maximum atomic E-state index is 13.4. The van der Waals surface area contributed by atoms with E-state index in [1.165, 1.54) is 11.6 Å². The molecular weight excluding hydrogens is 243 g/mol. The number of carbonyl (C=O) groups is 1. The van der Waals surface area contributed by atoms with Crippen LogP contribution in [0.15, 0.2) is 18.2 Å². The smallest absolute Gasteiger partial charge is 0.136 e. The number of aromatic nitrogens is 1. The predicted octanol–water partition coefficient (Wildman–Crippen LogP) is 2.57. The standard InChI is InChI=1S/C15H15FN2O/c16-9-1-2-13-12(7-9)11-4-6-18-5-3-10(19)8-14(18)15(11)17-13/h1-2,7,14,17H,3-6,8H2. The first kappa shape index (κ1) is 11.2. The van der Waals surface area contributed by atoms with E-state index >= 15 is 0 Å². The van der Waals surface area contributed by atoms with Crippen LogP contribution < -0.4 is 0 Å². The highest BCUT2D eigenvalue weighted by molar-refractivity contribution is 5.86. The summed E-state index contributed by atoms with van der Waals surface area (Å²) in [4.78, 5) is 17.5. The Bertz CT molecular complexity index is 676. The molecule has 19 heavy (non-hydrogen) atoms. The van der Waals surface area contributed by atoms with Crippen molar-refractivity contribution in [1.82, 2.24) is 9.88 Å². The van der Waals surface area contributed by atoms with Crippen LogP contribution in [0.25, 0.3) is 10.9 Å². The molecule has 3 nitrogen and oxygen atoms in total. The van der Waals surface area contributed by atoms with Crippen LogP contribution in [0.4, 0.5) is 4.39 Å². The number of piperidine rings is 1. The van der Waals surface area contributed by atoms with Crippen LogP contribution in [0.3, 0.4) is 0 Å². The van der Waals surface area contributed by atoms with Crippen molar-refractivity contribution < 1.29 is 9.18 Å². The van der Waals surface area contributed by atoms with Crippen molar-refractivity contribution in [2.24, 2.45) is 0 Å². The zero-order chi connectivity index (χ0) is 13.0. The number of fused-ring (bicyclic) bond motifs is 5. The molecule has 1 unspecified atom stereocenters. The van der Waals surface area contributed by atoms with Gasteiger partial charge in [0.05, 0.1) is 6.04 Å². The Balaban J connectivity index is 1.88. The summed E-state index contributed by atoms with van der Waals surface area (Å²) >= 11 is 0. The zero-order valence-electron chi connectivity index (χ0n) is 10.6. The molecule has 4 heteroatoms. The molecule has 4 rings (SSSR count). The van der Waals surface area contributed by atoms with E-state index < -0.39 is 0 Å². The zero-order valence-corrected chi connectivity index (χ0v) is 10.6. The fraction of sp³-hybridized carbons (Fsp3) is 0.400. The summed E-state index contributed by atoms with van der Waals surface area (Å²) < 4.78 is 13.4. The first-order valence-corrected chi connectivity index (χ1v) is 6.78. The van der Waals surface area contributed by atoms with Gasteiger partial charge in [-0.15, -0.1) is 0 Å². The molecule has 1 N–H and O–H groups in total. The van der Waals surface area contributed by atoms with Crippen molar-refractivity contribution in [3.8, 4) is 0 Å². The lowest BCUT2D eigenvalue weighted by atomic mass is 9.90. The van der Waals surface area contributed by atoms with Gasteiger partial charge in [0.15, 0.2) is 0 Å². The third-order valence-electron chi connectivity index (χ3n) is 4.42. The molecule has 2 aliphatic heterocycles. The van der Waals surface area contributed by atoms with Gasteiger partial charge in [0.1, 0.15) is 11.6 Å². The summed E-state index contributed by atoms with van der Waals surface area (Å²) in [6, 6.07) is 5.04. The molecule has 1 aromatic heterocycles. The van der Waals surface area contributed by atoms with Crippen molar-refractivity contribution in [1.29, 1.82) is 0 Å². The second kappa shape index (κ2) is 3.90. The van der Waals surface area contributed by atoms with Gasteiger partial charge in [0.2, 0.25) is 0 Å². The van der Waals surface area contributed by atoms with Gasteiger partial charge in [-0.05, 0) is 30.2 Å². The van der Waals surface area contributed by atoms with Crippen LogP contribution in [0.2, 0.25) is 0 Å². The number of H-pyrrole nitrogens is 1. The van der Waals surface area contributed by atoms with Crippen LogP contribution >= 0.6 is 0 Å². The molecule has 1 atom stereocenters. The number of nitrogens with zero attached hydrogens (tertiary/aromatic N) is 1. The fourth-order valence-electron chi connectivity index (χ4n) is 3.47. The lowest BCUT2D eigenvalue weighted by molar-refractivity contribution is -0.123. The topological polar surface area (TPSA) is 36.1 Å². The molecular formula is C15H15FN2O. The third kappa shape index (κ3) is 1.63. The van der Waals surface area contributed by atoms with E-state index in [1.807, 2.05) is 0 Å². The van der Waals surface area contributed by atoms with Crippen molar-refractivity contribution in [2.75, 3.05) is 13.1 Å². The summed E-state index contributed by atoms with van der Waals surface area (Å²) in [5, 5.41) is 0.979. The van der Waals surface area contributed by atoms with E-state index in [9.17, 15) is 9.18 Å². The molecule has 0 aliphatic carbocycles. The van der Waals surface area contributed by atoms with E-state index in [1.54, 1.807) is 12.1 Å². The highest BCUT2D eigenvalue weighted by atomic mass is 19.1. The van der Waals surface area contributed by atoms with Crippen molar-refractivity contribution in [3.05, 3.63) is 35.3 Å². The molecule has 0 radical (unpaired) electrons. The minimum atomic E-state index is -0.198. The minimum absolute atomic E-state index is 0.167. The summed E-state index contributed by atoms with van der Waals surface area (Å²) in [5.74, 6) is 0.135. The number of Topliss-reactive ketones (excluding diaryl/α,β-unsaturated/α-hetero) is 1. The lowest BCUT2D eigenvalue weighted by Crippen LogP contribution is -2.41. The summed E-state index contributed by atoms with van der Waals surface area (Å²) in [6.07, 6.45) is 2.19. The molecule has 1 fully saturated rings. The van der Waals surface area contributed by atoms with Crippen LogP contribution in [-0.2, 0) is 11.2 Å². The lowest BCUT2D eigenvalue weighted by Gasteiger charge is -2.38. The van der Waals surface area contributed by atoms with E-state index in [0.29, 0.717) is 18.6 Å². The number of rotatable bonds is 0. The van der Waals surface area contributed by atoms with Gasteiger partial charge in [-0.25, -0.2) is 4.39 Å². The normalized spacial score (nSPS) is 23.4. The Morgan fingerprint density at radius 2 is 2.11 bits per heavy atom. The largest absolute Gasteiger partial charge is 0.357 e. The van der Waals surface area contributed by atoms with Gasteiger partial charge in [0.25, 0.3) is 0 Å². The average Bonchev–Trinajstić information content (AvgIpc) is 2.77. The first-order chi connectivity index (χ1) is 9.22. The molecule has 0 bridgehead atoms. The van der Waals surface area contributed by atoms with Gasteiger partial charge in [-0.2, -0.15) is 0 Å². The number of benzene rings is 1. The van der Waals surface area contributed by atoms with Crippen LogP contribution in [0, 0.1) is 5.82 Å². The Morgan fingerprint density at radius 3 is 3.00 bits per heavy atom. The second-order valence-electron chi connectivity index (χ2n) is 5.50. The number of aromatic amines is 1. The molecule has 2 aliphatic rings. The molecule has 98 valence electrons. The van der Waals surface area contributed by atoms with Crippen LogP contribution in [0.5, 0.6) is 0 Å². The van der Waals surface area contributed by atoms with Crippen molar-refractivity contribution in [2.45, 2.75) is 25.3 Å². The number of halogens is 1. The SMILES string of the molecule is O=C1CCN2CCc3c([nH]c4ccc(F)cc34)C2C1. The summed E-state index contributed by atoms with van der Waals surface area (Å²) in [7, 11) is 0. The van der Waals surface area contributed by atoms with Crippen molar-refractivity contribution in [3.63, 3.8) is 0 Å². The predicted molar refractivity (Wildman–Crippen MR) is 70.5 cm³/mol. The van der Waals surface area contributed by atoms with Gasteiger partial charge in [-0.3, -0.25) is 9.69 Å². The second-order valence-corrected chi connectivity index (χ2v) is 5.50. The van der Waals surface area contributed by atoms with E-state index in [-0.39, 0.29) is 11.9 Å². The Morgan fingerprint density at radius 1 is 1.26 bits per heavy atom. The van der Waals surface area contributed by atoms with Gasteiger partial charge >= 0.3 is 0 Å². The van der Waals surface area contributed by atoms with Gasteiger partial charge < -0.3 is 4.98 Å². The Hall–Kier alpha value is -1.68. The fourth-order valence-corrected chi connectivity index (χ4v) is 3.47. The quantitative estimate of drug-likeness (QED) is 0.788. The molecule has 1 saturated heterocycles. The molecule has 1 aromatic carbocycles. The van der Waals surface area contributed by atoms with E-state index in [4.69, 9.17) is 0 Å². The first-order valence-electron chi connectivity index (χ1n) is 6.78. The maximum Gasteiger partial charge on any atom is 0.136 e. The monoisotopic (exact) mass is 258 g/mol. The molecule has 3 heterocycles. The number of hydrogen-bond donors (Lipinski definition) is 1. The molecule has 0 saturated carbocycles.